The summed E-state index contributed by atoms with van der Waals surface area (Å²) in [5.74, 6) is -1.08. The Balaban J connectivity index is 2.95. The summed E-state index contributed by atoms with van der Waals surface area (Å²) in [5, 5.41) is 11.6. The van der Waals surface area contributed by atoms with Gasteiger partial charge in [-0.2, -0.15) is 0 Å². The van der Waals surface area contributed by atoms with E-state index in [1.807, 2.05) is 13.0 Å². The van der Waals surface area contributed by atoms with E-state index in [1.54, 1.807) is 6.92 Å². The monoisotopic (exact) mass is 263 g/mol. The first kappa shape index (κ1) is 14.8. The minimum atomic E-state index is -1.07. The molecule has 0 saturated carbocycles. The first-order valence-corrected chi connectivity index (χ1v) is 5.89. The van der Waals surface area contributed by atoms with E-state index in [1.165, 1.54) is 25.3 Å². The fraction of sp³-hybridized carbons (Fsp3) is 0.286. The summed E-state index contributed by atoms with van der Waals surface area (Å²) in [6.45, 7) is 3.67. The van der Waals surface area contributed by atoms with Crippen LogP contribution in [-0.4, -0.2) is 24.1 Å². The largest absolute Gasteiger partial charge is 0.496 e. The third kappa shape index (κ3) is 3.84. The van der Waals surface area contributed by atoms with Crippen LogP contribution in [0.3, 0.4) is 0 Å². The summed E-state index contributed by atoms with van der Waals surface area (Å²) in [6, 6.07) is 4.42. The molecular weight excluding hydrogens is 246 g/mol. The van der Waals surface area contributed by atoms with Gasteiger partial charge in [0.25, 0.3) is 5.91 Å². The summed E-state index contributed by atoms with van der Waals surface area (Å²) >= 11 is 0. The second-order valence-corrected chi connectivity index (χ2v) is 3.97. The number of carbonyl (C=O) groups is 2. The van der Waals surface area contributed by atoms with Crippen LogP contribution in [0.4, 0.5) is 5.69 Å². The molecule has 19 heavy (non-hydrogen) atoms. The number of ether oxygens (including phenoxy) is 1. The van der Waals surface area contributed by atoms with Crippen LogP contribution in [0.2, 0.25) is 0 Å². The Kier molecular flexibility index (Phi) is 5.11. The first-order valence-electron chi connectivity index (χ1n) is 5.89. The van der Waals surface area contributed by atoms with Crippen molar-refractivity contribution < 1.29 is 19.4 Å². The van der Waals surface area contributed by atoms with Crippen LogP contribution >= 0.6 is 0 Å². The Hall–Kier alpha value is -2.30. The topological polar surface area (TPSA) is 75.6 Å². The van der Waals surface area contributed by atoms with Gasteiger partial charge in [0.15, 0.2) is 0 Å². The lowest BCUT2D eigenvalue weighted by molar-refractivity contribution is -0.112. The van der Waals surface area contributed by atoms with Crippen molar-refractivity contribution in [3.05, 3.63) is 35.4 Å². The van der Waals surface area contributed by atoms with Crippen LogP contribution in [0.25, 0.3) is 0 Å². The third-order valence-electron chi connectivity index (χ3n) is 2.56. The molecule has 0 atom stereocenters. The Labute approximate surface area is 111 Å². The standard InChI is InChI=1S/C14H17NO4/c1-4-5-9(2)13(16)15-10-6-7-11(14(17)18)12(8-10)19-3/h5-8H,4H2,1-3H3,(H,15,16)(H,17,18)/b9-5-. The minimum Gasteiger partial charge on any atom is -0.496 e. The molecule has 1 amide bonds. The molecule has 102 valence electrons. The number of rotatable bonds is 5. The lowest BCUT2D eigenvalue weighted by atomic mass is 10.1. The molecule has 0 aliphatic rings. The van der Waals surface area contributed by atoms with Gasteiger partial charge in [-0.1, -0.05) is 13.0 Å². The minimum absolute atomic E-state index is 0.0568. The molecule has 0 aliphatic carbocycles. The molecule has 0 aliphatic heterocycles. The van der Waals surface area contributed by atoms with Crippen molar-refractivity contribution in [1.82, 2.24) is 0 Å². The highest BCUT2D eigenvalue weighted by molar-refractivity contribution is 6.03. The fourth-order valence-corrected chi connectivity index (χ4v) is 1.57. The highest BCUT2D eigenvalue weighted by atomic mass is 16.5. The zero-order chi connectivity index (χ0) is 14.4. The van der Waals surface area contributed by atoms with Gasteiger partial charge >= 0.3 is 5.97 Å². The van der Waals surface area contributed by atoms with Crippen LogP contribution < -0.4 is 10.1 Å². The molecule has 0 bridgehead atoms. The van der Waals surface area contributed by atoms with Gasteiger partial charge in [-0.3, -0.25) is 4.79 Å². The average molecular weight is 263 g/mol. The molecule has 2 N–H and O–H groups in total. The van der Waals surface area contributed by atoms with Crippen LogP contribution in [0, 0.1) is 0 Å². The van der Waals surface area contributed by atoms with E-state index >= 15 is 0 Å². The van der Waals surface area contributed by atoms with Crippen LogP contribution in [-0.2, 0) is 4.79 Å². The van der Waals surface area contributed by atoms with Crippen molar-refractivity contribution in [2.24, 2.45) is 0 Å². The van der Waals surface area contributed by atoms with Gasteiger partial charge in [0.2, 0.25) is 0 Å². The van der Waals surface area contributed by atoms with Crippen molar-refractivity contribution in [3.8, 4) is 5.75 Å². The van der Waals surface area contributed by atoms with Crippen molar-refractivity contribution >= 4 is 17.6 Å². The van der Waals surface area contributed by atoms with Crippen LogP contribution in [0.15, 0.2) is 29.8 Å². The Morgan fingerprint density at radius 2 is 2.11 bits per heavy atom. The molecule has 1 aromatic rings. The van der Waals surface area contributed by atoms with Gasteiger partial charge in [0, 0.05) is 17.3 Å². The fourth-order valence-electron chi connectivity index (χ4n) is 1.57. The number of methoxy groups -OCH3 is 1. The molecular formula is C14H17NO4. The highest BCUT2D eigenvalue weighted by Gasteiger charge is 2.12. The van der Waals surface area contributed by atoms with E-state index in [4.69, 9.17) is 9.84 Å². The number of anilines is 1. The van der Waals surface area contributed by atoms with Crippen molar-refractivity contribution in [3.63, 3.8) is 0 Å². The molecule has 0 aromatic heterocycles. The van der Waals surface area contributed by atoms with E-state index in [2.05, 4.69) is 5.32 Å². The molecule has 0 unspecified atom stereocenters. The van der Waals surface area contributed by atoms with E-state index in [0.29, 0.717) is 11.3 Å². The Morgan fingerprint density at radius 1 is 1.42 bits per heavy atom. The predicted octanol–water partition coefficient (Wildman–Crippen LogP) is 2.69. The lowest BCUT2D eigenvalue weighted by Gasteiger charge is -2.09. The van der Waals surface area contributed by atoms with Gasteiger partial charge < -0.3 is 15.2 Å². The molecule has 5 nitrogen and oxygen atoms in total. The van der Waals surface area contributed by atoms with E-state index in [-0.39, 0.29) is 17.2 Å². The van der Waals surface area contributed by atoms with Gasteiger partial charge in [0.05, 0.1) is 7.11 Å². The summed E-state index contributed by atoms with van der Waals surface area (Å²) in [6.07, 6.45) is 2.60. The first-order chi connectivity index (χ1) is 8.99. The van der Waals surface area contributed by atoms with Crippen molar-refractivity contribution in [1.29, 1.82) is 0 Å². The van der Waals surface area contributed by atoms with E-state index in [0.717, 1.165) is 6.42 Å². The number of hydrogen-bond donors (Lipinski definition) is 2. The summed E-state index contributed by atoms with van der Waals surface area (Å²) in [4.78, 5) is 22.7. The quantitative estimate of drug-likeness (QED) is 0.801. The van der Waals surface area contributed by atoms with Crippen molar-refractivity contribution in [2.45, 2.75) is 20.3 Å². The number of carbonyl (C=O) groups excluding carboxylic acids is 1. The number of hydrogen-bond acceptors (Lipinski definition) is 3. The molecule has 0 saturated heterocycles. The Bertz CT molecular complexity index is 520. The number of nitrogens with one attached hydrogen (secondary N) is 1. The number of aromatic carboxylic acids is 1. The van der Waals surface area contributed by atoms with Gasteiger partial charge in [-0.15, -0.1) is 0 Å². The smallest absolute Gasteiger partial charge is 0.339 e. The molecule has 1 aromatic carbocycles. The predicted molar refractivity (Wildman–Crippen MR) is 72.6 cm³/mol. The number of carboxylic acid groups (broad SMARTS) is 1. The SMILES string of the molecule is CC/C=C(/C)C(=O)Nc1ccc(C(=O)O)c(OC)c1. The van der Waals surface area contributed by atoms with E-state index in [9.17, 15) is 9.59 Å². The second kappa shape index (κ2) is 6.58. The maximum Gasteiger partial charge on any atom is 0.339 e. The Morgan fingerprint density at radius 3 is 2.63 bits per heavy atom. The third-order valence-corrected chi connectivity index (χ3v) is 2.56. The summed E-state index contributed by atoms with van der Waals surface area (Å²) in [7, 11) is 1.38. The van der Waals surface area contributed by atoms with Crippen molar-refractivity contribution in [2.75, 3.05) is 12.4 Å². The number of amides is 1. The van der Waals surface area contributed by atoms with Crippen LogP contribution in [0.5, 0.6) is 5.75 Å². The summed E-state index contributed by atoms with van der Waals surface area (Å²) in [5.41, 5.74) is 1.17. The number of allylic oxidation sites excluding steroid dienone is 1. The molecule has 0 fully saturated rings. The molecule has 0 heterocycles. The zero-order valence-corrected chi connectivity index (χ0v) is 11.2. The zero-order valence-electron chi connectivity index (χ0n) is 11.2. The molecule has 0 radical (unpaired) electrons. The molecule has 0 spiro atoms. The lowest BCUT2D eigenvalue weighted by Crippen LogP contribution is -2.13. The second-order valence-electron chi connectivity index (χ2n) is 3.97. The van der Waals surface area contributed by atoms with Gasteiger partial charge in [-0.25, -0.2) is 4.79 Å². The van der Waals surface area contributed by atoms with E-state index < -0.39 is 5.97 Å². The average Bonchev–Trinajstić information content (AvgIpc) is 2.38. The maximum absolute atomic E-state index is 11.8. The number of benzene rings is 1. The molecule has 1 rings (SSSR count). The summed E-state index contributed by atoms with van der Waals surface area (Å²) < 4.78 is 4.99. The highest BCUT2D eigenvalue weighted by Crippen LogP contribution is 2.23. The normalized spacial score (nSPS) is 11.0. The number of carboxylic acids is 1. The van der Waals surface area contributed by atoms with Gasteiger partial charge in [0.1, 0.15) is 11.3 Å². The maximum atomic E-state index is 11.8. The molecule has 5 heteroatoms. The van der Waals surface area contributed by atoms with Gasteiger partial charge in [-0.05, 0) is 25.5 Å². The van der Waals surface area contributed by atoms with Crippen LogP contribution in [0.1, 0.15) is 30.6 Å².